The van der Waals surface area contributed by atoms with Gasteiger partial charge in [0.2, 0.25) is 6.10 Å². The number of carbonyl (C=O) groups excluding carboxylic acids is 1. The number of fused-ring (bicyclic) bond motifs is 1. The molecule has 1 heterocycles. The van der Waals surface area contributed by atoms with Gasteiger partial charge in [0.05, 0.1) is 0 Å². The molecule has 0 saturated heterocycles. The molecule has 1 amide bonds. The van der Waals surface area contributed by atoms with Gasteiger partial charge in [-0.3, -0.25) is 4.79 Å². The SMILES string of the molecule is CC(C)CNC(=O)[C@@H]1COc2ccccc2O1. The molecule has 2 rings (SSSR count). The number of hydrogen-bond acceptors (Lipinski definition) is 3. The quantitative estimate of drug-likeness (QED) is 0.865. The molecule has 0 aliphatic carbocycles. The molecule has 1 N–H and O–H groups in total. The molecule has 1 aromatic carbocycles. The van der Waals surface area contributed by atoms with Crippen LogP contribution in [-0.2, 0) is 4.79 Å². The van der Waals surface area contributed by atoms with E-state index in [4.69, 9.17) is 9.47 Å². The lowest BCUT2D eigenvalue weighted by atomic mass is 10.2. The summed E-state index contributed by atoms with van der Waals surface area (Å²) in [7, 11) is 0. The highest BCUT2D eigenvalue weighted by Gasteiger charge is 2.26. The van der Waals surface area contributed by atoms with E-state index in [1.54, 1.807) is 6.07 Å². The van der Waals surface area contributed by atoms with E-state index in [2.05, 4.69) is 5.32 Å². The number of carbonyl (C=O) groups is 1. The van der Waals surface area contributed by atoms with Crippen molar-refractivity contribution >= 4 is 5.91 Å². The van der Waals surface area contributed by atoms with Gasteiger partial charge in [0.15, 0.2) is 11.5 Å². The second-order valence-electron chi connectivity index (χ2n) is 4.50. The maximum absolute atomic E-state index is 11.8. The van der Waals surface area contributed by atoms with Gasteiger partial charge in [-0.05, 0) is 18.1 Å². The van der Waals surface area contributed by atoms with Crippen molar-refractivity contribution in [3.63, 3.8) is 0 Å². The lowest BCUT2D eigenvalue weighted by Crippen LogP contribution is -2.44. The summed E-state index contributed by atoms with van der Waals surface area (Å²) in [6, 6.07) is 7.37. The third kappa shape index (κ3) is 2.90. The minimum absolute atomic E-state index is 0.117. The van der Waals surface area contributed by atoms with E-state index in [0.29, 0.717) is 24.0 Å². The molecule has 0 aromatic heterocycles. The van der Waals surface area contributed by atoms with Crippen LogP contribution in [-0.4, -0.2) is 25.2 Å². The van der Waals surface area contributed by atoms with E-state index in [0.717, 1.165) is 0 Å². The standard InChI is InChI=1S/C13H17NO3/c1-9(2)7-14-13(15)12-8-16-10-5-3-4-6-11(10)17-12/h3-6,9,12H,7-8H2,1-2H3,(H,14,15)/t12-/m0/s1. The molecular formula is C13H17NO3. The second kappa shape index (κ2) is 5.08. The van der Waals surface area contributed by atoms with Crippen molar-refractivity contribution in [2.75, 3.05) is 13.2 Å². The summed E-state index contributed by atoms with van der Waals surface area (Å²) < 4.78 is 11.1. The molecule has 0 radical (unpaired) electrons. The summed E-state index contributed by atoms with van der Waals surface area (Å²) in [5, 5.41) is 2.84. The maximum Gasteiger partial charge on any atom is 0.264 e. The summed E-state index contributed by atoms with van der Waals surface area (Å²) in [6.07, 6.45) is -0.552. The molecular weight excluding hydrogens is 218 g/mol. The van der Waals surface area contributed by atoms with Crippen LogP contribution in [0.25, 0.3) is 0 Å². The van der Waals surface area contributed by atoms with Crippen molar-refractivity contribution in [1.82, 2.24) is 5.32 Å². The number of benzene rings is 1. The molecule has 0 unspecified atom stereocenters. The average Bonchev–Trinajstić information content (AvgIpc) is 2.35. The Labute approximate surface area is 101 Å². The Kier molecular flexibility index (Phi) is 3.52. The molecule has 0 spiro atoms. The molecule has 0 bridgehead atoms. The first-order valence-corrected chi connectivity index (χ1v) is 5.83. The van der Waals surface area contributed by atoms with Crippen molar-refractivity contribution in [2.45, 2.75) is 20.0 Å². The number of ether oxygens (including phenoxy) is 2. The van der Waals surface area contributed by atoms with Crippen LogP contribution in [0.2, 0.25) is 0 Å². The molecule has 17 heavy (non-hydrogen) atoms. The highest BCUT2D eigenvalue weighted by atomic mass is 16.6. The van der Waals surface area contributed by atoms with Gasteiger partial charge in [-0.2, -0.15) is 0 Å². The van der Waals surface area contributed by atoms with Crippen LogP contribution in [0.1, 0.15) is 13.8 Å². The minimum atomic E-state index is -0.552. The Morgan fingerprint density at radius 3 is 2.82 bits per heavy atom. The zero-order valence-corrected chi connectivity index (χ0v) is 10.1. The fourth-order valence-electron chi connectivity index (χ4n) is 1.57. The Hall–Kier alpha value is -1.71. The van der Waals surface area contributed by atoms with E-state index in [9.17, 15) is 4.79 Å². The molecule has 1 aliphatic heterocycles. The second-order valence-corrected chi connectivity index (χ2v) is 4.50. The number of rotatable bonds is 3. The van der Waals surface area contributed by atoms with Gasteiger partial charge in [0.1, 0.15) is 6.61 Å². The lowest BCUT2D eigenvalue weighted by molar-refractivity contribution is -0.130. The fraction of sp³-hybridized carbons (Fsp3) is 0.462. The van der Waals surface area contributed by atoms with Crippen molar-refractivity contribution in [2.24, 2.45) is 5.92 Å². The highest BCUT2D eigenvalue weighted by molar-refractivity contribution is 5.81. The molecule has 1 atom stereocenters. The van der Waals surface area contributed by atoms with Crippen LogP contribution in [0, 0.1) is 5.92 Å². The average molecular weight is 235 g/mol. The van der Waals surface area contributed by atoms with Gasteiger partial charge in [-0.25, -0.2) is 0 Å². The van der Waals surface area contributed by atoms with Crippen LogP contribution >= 0.6 is 0 Å². The first-order chi connectivity index (χ1) is 8.16. The van der Waals surface area contributed by atoms with Crippen LogP contribution in [0.15, 0.2) is 24.3 Å². The van der Waals surface area contributed by atoms with Crippen molar-refractivity contribution in [1.29, 1.82) is 0 Å². The monoisotopic (exact) mass is 235 g/mol. The molecule has 0 fully saturated rings. The van der Waals surface area contributed by atoms with Gasteiger partial charge < -0.3 is 14.8 Å². The zero-order chi connectivity index (χ0) is 12.3. The summed E-state index contributed by atoms with van der Waals surface area (Å²) in [5.41, 5.74) is 0. The van der Waals surface area contributed by atoms with Gasteiger partial charge in [0.25, 0.3) is 5.91 Å². The van der Waals surface area contributed by atoms with Gasteiger partial charge in [-0.15, -0.1) is 0 Å². The lowest BCUT2D eigenvalue weighted by Gasteiger charge is -2.25. The van der Waals surface area contributed by atoms with Gasteiger partial charge in [-0.1, -0.05) is 26.0 Å². The van der Waals surface area contributed by atoms with Crippen LogP contribution in [0.5, 0.6) is 11.5 Å². The Bertz CT molecular complexity index is 403. The van der Waals surface area contributed by atoms with Crippen LogP contribution in [0.4, 0.5) is 0 Å². The smallest absolute Gasteiger partial charge is 0.264 e. The molecule has 4 nitrogen and oxygen atoms in total. The largest absolute Gasteiger partial charge is 0.485 e. The Balaban J connectivity index is 1.95. The zero-order valence-electron chi connectivity index (χ0n) is 10.1. The number of nitrogens with one attached hydrogen (secondary N) is 1. The van der Waals surface area contributed by atoms with Crippen molar-refractivity contribution in [3.05, 3.63) is 24.3 Å². The van der Waals surface area contributed by atoms with E-state index < -0.39 is 6.10 Å². The molecule has 92 valence electrons. The maximum atomic E-state index is 11.8. The Morgan fingerprint density at radius 2 is 2.12 bits per heavy atom. The predicted octanol–water partition coefficient (Wildman–Crippen LogP) is 1.60. The first-order valence-electron chi connectivity index (χ1n) is 5.83. The summed E-state index contributed by atoms with van der Waals surface area (Å²) >= 11 is 0. The van der Waals surface area contributed by atoms with Crippen LogP contribution < -0.4 is 14.8 Å². The summed E-state index contributed by atoms with van der Waals surface area (Å²) in [5.74, 6) is 1.63. The molecule has 4 heteroatoms. The fourth-order valence-corrected chi connectivity index (χ4v) is 1.57. The van der Waals surface area contributed by atoms with E-state index >= 15 is 0 Å². The van der Waals surface area contributed by atoms with E-state index in [-0.39, 0.29) is 12.5 Å². The summed E-state index contributed by atoms with van der Waals surface area (Å²) in [4.78, 5) is 11.8. The van der Waals surface area contributed by atoms with E-state index in [1.165, 1.54) is 0 Å². The topological polar surface area (TPSA) is 47.6 Å². The molecule has 1 aromatic rings. The minimum Gasteiger partial charge on any atom is -0.485 e. The summed E-state index contributed by atoms with van der Waals surface area (Å²) in [6.45, 7) is 5.02. The number of amides is 1. The number of hydrogen-bond donors (Lipinski definition) is 1. The number of para-hydroxylation sites is 2. The molecule has 0 saturated carbocycles. The predicted molar refractivity (Wildman–Crippen MR) is 64.2 cm³/mol. The third-order valence-electron chi connectivity index (χ3n) is 2.49. The van der Waals surface area contributed by atoms with Crippen molar-refractivity contribution < 1.29 is 14.3 Å². The normalized spacial score (nSPS) is 17.9. The van der Waals surface area contributed by atoms with Crippen LogP contribution in [0.3, 0.4) is 0 Å². The van der Waals surface area contributed by atoms with Crippen molar-refractivity contribution in [3.8, 4) is 11.5 Å². The van der Waals surface area contributed by atoms with Gasteiger partial charge in [0, 0.05) is 6.54 Å². The van der Waals surface area contributed by atoms with Gasteiger partial charge >= 0.3 is 0 Å². The molecule has 1 aliphatic rings. The van der Waals surface area contributed by atoms with E-state index in [1.807, 2.05) is 32.0 Å². The Morgan fingerprint density at radius 1 is 1.41 bits per heavy atom. The third-order valence-corrected chi connectivity index (χ3v) is 2.49. The first kappa shape index (κ1) is 11.8. The highest BCUT2D eigenvalue weighted by Crippen LogP contribution is 2.30.